The Morgan fingerprint density at radius 2 is 1.78 bits per heavy atom. The van der Waals surface area contributed by atoms with Crippen LogP contribution < -0.4 is 0 Å². The van der Waals surface area contributed by atoms with E-state index >= 15 is 0 Å². The summed E-state index contributed by atoms with van der Waals surface area (Å²) in [6.07, 6.45) is 6.84. The van der Waals surface area contributed by atoms with Crippen molar-refractivity contribution in [2.24, 2.45) is 5.92 Å². The van der Waals surface area contributed by atoms with Gasteiger partial charge in [-0.1, -0.05) is 12.8 Å². The van der Waals surface area contributed by atoms with Crippen LogP contribution in [-0.4, -0.2) is 49.3 Å². The molecule has 3 aliphatic rings. The number of carbonyl (C=O) groups is 1. The summed E-state index contributed by atoms with van der Waals surface area (Å²) in [5, 5.41) is 0. The fourth-order valence-corrected chi connectivity index (χ4v) is 3.55. The van der Waals surface area contributed by atoms with Crippen LogP contribution >= 0.6 is 0 Å². The Morgan fingerprint density at radius 3 is 2.61 bits per heavy atom. The van der Waals surface area contributed by atoms with Gasteiger partial charge in [0.25, 0.3) is 0 Å². The van der Waals surface area contributed by atoms with Gasteiger partial charge in [0.15, 0.2) is 0 Å². The minimum atomic E-state index is 0.194. The Balaban J connectivity index is 1.67. The van der Waals surface area contributed by atoms with Crippen LogP contribution in [0.3, 0.4) is 0 Å². The second-order valence-corrected chi connectivity index (χ2v) is 5.68. The van der Waals surface area contributed by atoms with Crippen LogP contribution in [0.2, 0.25) is 0 Å². The van der Waals surface area contributed by atoms with Gasteiger partial charge in [-0.15, -0.1) is 0 Å². The second-order valence-electron chi connectivity index (χ2n) is 5.68. The first-order valence-corrected chi connectivity index (χ1v) is 7.36. The molecule has 1 saturated carbocycles. The zero-order valence-corrected chi connectivity index (χ0v) is 11.0. The van der Waals surface area contributed by atoms with Gasteiger partial charge in [-0.3, -0.25) is 4.79 Å². The second kappa shape index (κ2) is 5.57. The first kappa shape index (κ1) is 12.4. The number of hydrogen-bond donors (Lipinski definition) is 0. The smallest absolute Gasteiger partial charge is 0.226 e. The summed E-state index contributed by atoms with van der Waals surface area (Å²) < 4.78 is 11.2. The molecule has 0 aromatic heterocycles. The first-order chi connectivity index (χ1) is 8.86. The van der Waals surface area contributed by atoms with Crippen molar-refractivity contribution in [3.05, 3.63) is 0 Å². The maximum atomic E-state index is 12.6. The molecule has 4 heteroatoms. The Morgan fingerprint density at radius 1 is 1.00 bits per heavy atom. The Bertz CT molecular complexity index is 299. The van der Waals surface area contributed by atoms with Crippen LogP contribution in [0.5, 0.6) is 0 Å². The molecular formula is C14H23NO3. The number of nitrogens with zero attached hydrogens (tertiary/aromatic N) is 1. The summed E-state index contributed by atoms with van der Waals surface area (Å²) in [5.41, 5.74) is 0. The largest absolute Gasteiger partial charge is 0.381 e. The summed E-state index contributed by atoms with van der Waals surface area (Å²) in [5.74, 6) is 0.554. The summed E-state index contributed by atoms with van der Waals surface area (Å²) in [7, 11) is 0. The zero-order chi connectivity index (χ0) is 12.4. The number of carbonyl (C=O) groups excluding carboxylic acids is 1. The molecule has 3 rings (SSSR count). The molecule has 2 unspecified atom stereocenters. The van der Waals surface area contributed by atoms with Crippen molar-refractivity contribution in [3.63, 3.8) is 0 Å². The minimum absolute atomic E-state index is 0.194. The van der Waals surface area contributed by atoms with E-state index in [0.717, 1.165) is 52.0 Å². The molecule has 4 nitrogen and oxygen atoms in total. The van der Waals surface area contributed by atoms with Gasteiger partial charge in [0, 0.05) is 25.7 Å². The molecule has 3 fully saturated rings. The van der Waals surface area contributed by atoms with E-state index in [9.17, 15) is 4.79 Å². The highest BCUT2D eigenvalue weighted by Crippen LogP contribution is 2.30. The fourth-order valence-electron chi connectivity index (χ4n) is 3.55. The number of morpholine rings is 1. The summed E-state index contributed by atoms with van der Waals surface area (Å²) in [4.78, 5) is 14.8. The molecular weight excluding hydrogens is 230 g/mol. The van der Waals surface area contributed by atoms with Gasteiger partial charge < -0.3 is 14.4 Å². The lowest BCUT2D eigenvalue weighted by Crippen LogP contribution is -2.56. The number of hydrogen-bond acceptors (Lipinski definition) is 3. The van der Waals surface area contributed by atoms with Crippen LogP contribution in [0.25, 0.3) is 0 Å². The molecule has 2 heterocycles. The molecule has 18 heavy (non-hydrogen) atoms. The van der Waals surface area contributed by atoms with E-state index in [1.54, 1.807) is 0 Å². The van der Waals surface area contributed by atoms with Crippen LogP contribution in [0.1, 0.15) is 38.5 Å². The normalized spacial score (nSPS) is 34.1. The number of fused-ring (bicyclic) bond motifs is 1. The lowest BCUT2D eigenvalue weighted by Gasteiger charge is -2.45. The molecule has 1 amide bonds. The van der Waals surface area contributed by atoms with E-state index in [1.165, 1.54) is 12.8 Å². The number of ether oxygens (including phenoxy) is 2. The minimum Gasteiger partial charge on any atom is -0.381 e. The molecule has 0 radical (unpaired) electrons. The maximum absolute atomic E-state index is 12.6. The van der Waals surface area contributed by atoms with Gasteiger partial charge in [-0.05, 0) is 25.7 Å². The van der Waals surface area contributed by atoms with Crippen molar-refractivity contribution in [1.82, 2.24) is 4.90 Å². The molecule has 102 valence electrons. The third-order valence-corrected chi connectivity index (χ3v) is 4.59. The third kappa shape index (κ3) is 2.41. The van der Waals surface area contributed by atoms with Crippen LogP contribution in [0, 0.1) is 5.92 Å². The summed E-state index contributed by atoms with van der Waals surface area (Å²) in [6.45, 7) is 3.00. The van der Waals surface area contributed by atoms with Crippen molar-refractivity contribution in [1.29, 1.82) is 0 Å². The van der Waals surface area contributed by atoms with Gasteiger partial charge in [0.05, 0.1) is 18.8 Å². The van der Waals surface area contributed by atoms with Gasteiger partial charge in [-0.25, -0.2) is 0 Å². The van der Waals surface area contributed by atoms with E-state index in [4.69, 9.17) is 9.47 Å². The molecule has 0 aromatic rings. The molecule has 0 aromatic carbocycles. The highest BCUT2D eigenvalue weighted by atomic mass is 16.5. The molecule has 0 bridgehead atoms. The average Bonchev–Trinajstić information content (AvgIpc) is 2.47. The quantitative estimate of drug-likeness (QED) is 0.712. The molecule has 1 aliphatic carbocycles. The zero-order valence-electron chi connectivity index (χ0n) is 11.0. The monoisotopic (exact) mass is 253 g/mol. The average molecular weight is 253 g/mol. The molecule has 0 spiro atoms. The summed E-state index contributed by atoms with van der Waals surface area (Å²) >= 11 is 0. The van der Waals surface area contributed by atoms with Crippen LogP contribution in [0.15, 0.2) is 0 Å². The van der Waals surface area contributed by atoms with E-state index in [2.05, 4.69) is 4.90 Å². The standard InChI is InChI=1S/C14H23NO3/c16-14(11-5-8-17-9-6-11)15-7-10-18-13-4-2-1-3-12(13)15/h11-13H,1-10H2. The first-order valence-electron chi connectivity index (χ1n) is 7.36. The van der Waals surface area contributed by atoms with Gasteiger partial charge in [-0.2, -0.15) is 0 Å². The van der Waals surface area contributed by atoms with Crippen molar-refractivity contribution < 1.29 is 14.3 Å². The molecule has 0 N–H and O–H groups in total. The van der Waals surface area contributed by atoms with Crippen LogP contribution in [0.4, 0.5) is 0 Å². The molecule has 2 aliphatic heterocycles. The fraction of sp³-hybridized carbons (Fsp3) is 0.929. The Hall–Kier alpha value is -0.610. The Labute approximate surface area is 109 Å². The van der Waals surface area contributed by atoms with E-state index in [-0.39, 0.29) is 5.92 Å². The van der Waals surface area contributed by atoms with Crippen molar-refractivity contribution in [2.45, 2.75) is 50.7 Å². The van der Waals surface area contributed by atoms with Gasteiger partial charge in [0.1, 0.15) is 0 Å². The van der Waals surface area contributed by atoms with E-state index in [1.807, 2.05) is 0 Å². The maximum Gasteiger partial charge on any atom is 0.226 e. The SMILES string of the molecule is O=C(C1CCOCC1)N1CCOC2CCCCC21. The van der Waals surface area contributed by atoms with E-state index < -0.39 is 0 Å². The number of rotatable bonds is 1. The predicted octanol–water partition coefficient (Wildman–Crippen LogP) is 1.58. The van der Waals surface area contributed by atoms with E-state index in [0.29, 0.717) is 18.1 Å². The Kier molecular flexibility index (Phi) is 3.85. The number of amides is 1. The van der Waals surface area contributed by atoms with Gasteiger partial charge >= 0.3 is 0 Å². The topological polar surface area (TPSA) is 38.8 Å². The van der Waals surface area contributed by atoms with Crippen molar-refractivity contribution in [3.8, 4) is 0 Å². The van der Waals surface area contributed by atoms with Crippen molar-refractivity contribution in [2.75, 3.05) is 26.4 Å². The third-order valence-electron chi connectivity index (χ3n) is 4.59. The van der Waals surface area contributed by atoms with Crippen molar-refractivity contribution >= 4 is 5.91 Å². The lowest BCUT2D eigenvalue weighted by atomic mass is 9.88. The molecule has 2 atom stereocenters. The predicted molar refractivity (Wildman–Crippen MR) is 67.3 cm³/mol. The van der Waals surface area contributed by atoms with Crippen LogP contribution in [-0.2, 0) is 14.3 Å². The molecule has 2 saturated heterocycles. The lowest BCUT2D eigenvalue weighted by molar-refractivity contribution is -0.156. The highest BCUT2D eigenvalue weighted by Gasteiger charge is 2.38. The van der Waals surface area contributed by atoms with Gasteiger partial charge in [0.2, 0.25) is 5.91 Å². The summed E-state index contributed by atoms with van der Waals surface area (Å²) in [6, 6.07) is 0.350. The highest BCUT2D eigenvalue weighted by molar-refractivity contribution is 5.79.